The van der Waals surface area contributed by atoms with Crippen molar-refractivity contribution in [1.82, 2.24) is 5.32 Å². The molecule has 104 valence electrons. The smallest absolute Gasteiger partial charge is 0.119 e. The van der Waals surface area contributed by atoms with Crippen molar-refractivity contribution < 1.29 is 4.74 Å². The van der Waals surface area contributed by atoms with Gasteiger partial charge in [0.05, 0.1) is 6.61 Å². The van der Waals surface area contributed by atoms with Crippen LogP contribution in [0.3, 0.4) is 0 Å². The van der Waals surface area contributed by atoms with Crippen LogP contribution in [0.5, 0.6) is 5.75 Å². The van der Waals surface area contributed by atoms with Crippen LogP contribution in [0.4, 0.5) is 0 Å². The molecule has 0 amide bonds. The van der Waals surface area contributed by atoms with E-state index in [-0.39, 0.29) is 0 Å². The molecule has 0 saturated heterocycles. The predicted octanol–water partition coefficient (Wildman–Crippen LogP) is 3.61. The van der Waals surface area contributed by atoms with Crippen molar-refractivity contribution in [2.75, 3.05) is 13.2 Å². The van der Waals surface area contributed by atoms with Crippen LogP contribution in [0.1, 0.15) is 38.2 Å². The second-order valence-corrected chi connectivity index (χ2v) is 6.05. The molecule has 1 N–H and O–H groups in total. The van der Waals surface area contributed by atoms with E-state index in [9.17, 15) is 0 Å². The van der Waals surface area contributed by atoms with E-state index in [2.05, 4.69) is 29.6 Å². The summed E-state index contributed by atoms with van der Waals surface area (Å²) in [5, 5.41) is 3.66. The maximum atomic E-state index is 5.46. The predicted molar refractivity (Wildman–Crippen MR) is 78.3 cm³/mol. The molecular formula is C17H25NO. The zero-order valence-electron chi connectivity index (χ0n) is 11.9. The fourth-order valence-corrected chi connectivity index (χ4v) is 3.02. The number of nitrogens with one attached hydrogen (secondary N) is 1. The third kappa shape index (κ3) is 3.73. The highest BCUT2D eigenvalue weighted by Gasteiger charge is 2.40. The summed E-state index contributed by atoms with van der Waals surface area (Å²) in [4.78, 5) is 0. The Labute approximate surface area is 116 Å². The Morgan fingerprint density at radius 2 is 1.74 bits per heavy atom. The SMILES string of the molecule is CCOc1ccc(CNCC(C2CC2)C2CC2)cc1. The maximum absolute atomic E-state index is 5.46. The Kier molecular flexibility index (Phi) is 4.07. The first kappa shape index (κ1) is 13.0. The minimum Gasteiger partial charge on any atom is -0.494 e. The minimum absolute atomic E-state index is 0.738. The van der Waals surface area contributed by atoms with Gasteiger partial charge in [0.25, 0.3) is 0 Å². The highest BCUT2D eigenvalue weighted by Crippen LogP contribution is 2.48. The van der Waals surface area contributed by atoms with Crippen molar-refractivity contribution in [3.05, 3.63) is 29.8 Å². The first-order chi connectivity index (χ1) is 9.36. The lowest BCUT2D eigenvalue weighted by atomic mass is 9.98. The Morgan fingerprint density at radius 3 is 2.26 bits per heavy atom. The standard InChI is InChI=1S/C17H25NO/c1-2-19-16-9-3-13(4-10-16)11-18-12-17(14-5-6-14)15-7-8-15/h3-4,9-10,14-15,17-18H,2,5-8,11-12H2,1H3. The fraction of sp³-hybridized carbons (Fsp3) is 0.647. The molecule has 2 aliphatic carbocycles. The zero-order chi connectivity index (χ0) is 13.1. The second-order valence-electron chi connectivity index (χ2n) is 6.05. The number of hydrogen-bond donors (Lipinski definition) is 1. The van der Waals surface area contributed by atoms with Gasteiger partial charge in [-0.15, -0.1) is 0 Å². The molecular weight excluding hydrogens is 234 g/mol. The van der Waals surface area contributed by atoms with Crippen molar-refractivity contribution in [1.29, 1.82) is 0 Å². The lowest BCUT2D eigenvalue weighted by Gasteiger charge is -2.16. The van der Waals surface area contributed by atoms with E-state index < -0.39 is 0 Å². The second kappa shape index (κ2) is 5.96. The quantitative estimate of drug-likeness (QED) is 0.770. The molecule has 2 fully saturated rings. The van der Waals surface area contributed by atoms with Crippen LogP contribution in [0.15, 0.2) is 24.3 Å². The molecule has 0 unspecified atom stereocenters. The number of ether oxygens (including phenoxy) is 1. The van der Waals surface area contributed by atoms with Gasteiger partial charge < -0.3 is 10.1 Å². The van der Waals surface area contributed by atoms with E-state index in [1.54, 1.807) is 0 Å². The molecule has 19 heavy (non-hydrogen) atoms. The van der Waals surface area contributed by atoms with Crippen molar-refractivity contribution in [3.8, 4) is 5.75 Å². The van der Waals surface area contributed by atoms with E-state index in [0.717, 1.165) is 36.7 Å². The summed E-state index contributed by atoms with van der Waals surface area (Å²) in [7, 11) is 0. The van der Waals surface area contributed by atoms with Gasteiger partial charge in [0.15, 0.2) is 0 Å². The van der Waals surface area contributed by atoms with E-state index in [1.165, 1.54) is 37.8 Å². The molecule has 3 rings (SSSR count). The summed E-state index contributed by atoms with van der Waals surface area (Å²) in [6.45, 7) is 4.96. The molecule has 0 spiro atoms. The van der Waals surface area contributed by atoms with Gasteiger partial charge in [-0.2, -0.15) is 0 Å². The van der Waals surface area contributed by atoms with Gasteiger partial charge in [0.1, 0.15) is 5.75 Å². The molecule has 0 aliphatic heterocycles. The summed E-state index contributed by atoms with van der Waals surface area (Å²) in [6, 6.07) is 8.47. The van der Waals surface area contributed by atoms with E-state index in [1.807, 2.05) is 6.92 Å². The van der Waals surface area contributed by atoms with Crippen LogP contribution >= 0.6 is 0 Å². The Balaban J connectivity index is 1.43. The van der Waals surface area contributed by atoms with Gasteiger partial charge in [-0.25, -0.2) is 0 Å². The lowest BCUT2D eigenvalue weighted by Crippen LogP contribution is -2.25. The average molecular weight is 259 g/mol. The average Bonchev–Trinajstić information content (AvgIpc) is 3.29. The van der Waals surface area contributed by atoms with E-state index in [0.29, 0.717) is 0 Å². The maximum Gasteiger partial charge on any atom is 0.119 e. The highest BCUT2D eigenvalue weighted by atomic mass is 16.5. The molecule has 0 atom stereocenters. The molecule has 2 saturated carbocycles. The molecule has 0 aromatic heterocycles. The van der Waals surface area contributed by atoms with Gasteiger partial charge in [-0.3, -0.25) is 0 Å². The summed E-state index contributed by atoms with van der Waals surface area (Å²) in [5.41, 5.74) is 1.36. The molecule has 2 aliphatic rings. The van der Waals surface area contributed by atoms with Crippen molar-refractivity contribution >= 4 is 0 Å². The molecule has 2 heteroatoms. The van der Waals surface area contributed by atoms with Crippen molar-refractivity contribution in [2.45, 2.75) is 39.2 Å². The summed E-state index contributed by atoms with van der Waals surface area (Å²) in [5.74, 6) is 4.02. The van der Waals surface area contributed by atoms with Gasteiger partial charge >= 0.3 is 0 Å². The van der Waals surface area contributed by atoms with Crippen LogP contribution in [-0.2, 0) is 6.54 Å². The van der Waals surface area contributed by atoms with Crippen LogP contribution in [-0.4, -0.2) is 13.2 Å². The zero-order valence-corrected chi connectivity index (χ0v) is 11.9. The largest absolute Gasteiger partial charge is 0.494 e. The summed E-state index contributed by atoms with van der Waals surface area (Å²) in [6.07, 6.45) is 5.91. The molecule has 2 nitrogen and oxygen atoms in total. The number of hydrogen-bond acceptors (Lipinski definition) is 2. The molecule has 1 aromatic rings. The van der Waals surface area contributed by atoms with Crippen molar-refractivity contribution in [3.63, 3.8) is 0 Å². The third-order valence-electron chi connectivity index (χ3n) is 4.40. The molecule has 1 aromatic carbocycles. The van der Waals surface area contributed by atoms with E-state index >= 15 is 0 Å². The monoisotopic (exact) mass is 259 g/mol. The first-order valence-electron chi connectivity index (χ1n) is 7.79. The Hall–Kier alpha value is -1.02. The molecule has 0 radical (unpaired) electrons. The van der Waals surface area contributed by atoms with Gasteiger partial charge in [-0.05, 0) is 74.6 Å². The molecule has 0 bridgehead atoms. The van der Waals surface area contributed by atoms with Crippen LogP contribution in [0, 0.1) is 17.8 Å². The van der Waals surface area contributed by atoms with Crippen LogP contribution in [0.2, 0.25) is 0 Å². The van der Waals surface area contributed by atoms with Crippen LogP contribution in [0.25, 0.3) is 0 Å². The molecule has 0 heterocycles. The van der Waals surface area contributed by atoms with Gasteiger partial charge in [-0.1, -0.05) is 12.1 Å². The van der Waals surface area contributed by atoms with Gasteiger partial charge in [0, 0.05) is 6.54 Å². The first-order valence-corrected chi connectivity index (χ1v) is 7.79. The topological polar surface area (TPSA) is 21.3 Å². The number of rotatable bonds is 8. The number of benzene rings is 1. The van der Waals surface area contributed by atoms with Crippen LogP contribution < -0.4 is 10.1 Å². The van der Waals surface area contributed by atoms with E-state index in [4.69, 9.17) is 4.74 Å². The fourth-order valence-electron chi connectivity index (χ4n) is 3.02. The highest BCUT2D eigenvalue weighted by molar-refractivity contribution is 5.27. The summed E-state index contributed by atoms with van der Waals surface area (Å²) < 4.78 is 5.46. The summed E-state index contributed by atoms with van der Waals surface area (Å²) >= 11 is 0. The van der Waals surface area contributed by atoms with Crippen molar-refractivity contribution in [2.24, 2.45) is 17.8 Å². The lowest BCUT2D eigenvalue weighted by molar-refractivity contribution is 0.340. The third-order valence-corrected chi connectivity index (χ3v) is 4.40. The minimum atomic E-state index is 0.738. The van der Waals surface area contributed by atoms with Gasteiger partial charge in [0.2, 0.25) is 0 Å². The Morgan fingerprint density at radius 1 is 1.11 bits per heavy atom. The normalized spacial score (nSPS) is 18.8. The Bertz CT molecular complexity index is 380.